The van der Waals surface area contributed by atoms with Crippen molar-refractivity contribution in [3.8, 4) is 0 Å². The van der Waals surface area contributed by atoms with Crippen LogP contribution in [0.5, 0.6) is 0 Å². The Hall–Kier alpha value is -2.41. The van der Waals surface area contributed by atoms with Gasteiger partial charge in [-0.3, -0.25) is 9.59 Å². The monoisotopic (exact) mass is 348 g/mol. The quantitative estimate of drug-likeness (QED) is 0.820. The first kappa shape index (κ1) is 17.9. The smallest absolute Gasteiger partial charge is 0.250 e. The molecule has 1 aromatic heterocycles. The van der Waals surface area contributed by atoms with Gasteiger partial charge in [0.2, 0.25) is 5.91 Å². The zero-order chi connectivity index (χ0) is 17.9. The Balaban J connectivity index is 2.14. The number of benzene rings is 1. The fourth-order valence-corrected chi connectivity index (χ4v) is 2.91. The fourth-order valence-electron chi connectivity index (χ4n) is 2.28. The largest absolute Gasteiger partial charge is 0.337 e. The Kier molecular flexibility index (Phi) is 5.23. The second-order valence-electron chi connectivity index (χ2n) is 5.69. The lowest BCUT2D eigenvalue weighted by Gasteiger charge is -2.25. The van der Waals surface area contributed by atoms with E-state index in [2.05, 4.69) is 0 Å². The molecule has 7 heteroatoms. The standard InChI is InChI=1S/C17H20N2O4S/c1-13(14-7-9-15(10-8-14)24(3,22)23)18(2)17(21)12-19-11-5-4-6-16(19)20/h4-11,13H,12H2,1-3H3/t13-/m0/s1. The highest BCUT2D eigenvalue weighted by Crippen LogP contribution is 2.21. The van der Waals surface area contributed by atoms with Crippen molar-refractivity contribution in [2.75, 3.05) is 13.3 Å². The van der Waals surface area contributed by atoms with Gasteiger partial charge in [-0.2, -0.15) is 0 Å². The first-order valence-electron chi connectivity index (χ1n) is 7.41. The normalized spacial score (nSPS) is 12.6. The number of carbonyl (C=O) groups is 1. The highest BCUT2D eigenvalue weighted by Gasteiger charge is 2.18. The maximum atomic E-state index is 12.4. The molecule has 0 spiro atoms. The van der Waals surface area contributed by atoms with Crippen molar-refractivity contribution in [1.82, 2.24) is 9.47 Å². The van der Waals surface area contributed by atoms with Crippen molar-refractivity contribution in [2.24, 2.45) is 0 Å². The number of amides is 1. The van der Waals surface area contributed by atoms with Crippen LogP contribution in [0.25, 0.3) is 0 Å². The molecule has 0 fully saturated rings. The molecule has 2 rings (SSSR count). The number of hydrogen-bond acceptors (Lipinski definition) is 4. The molecule has 24 heavy (non-hydrogen) atoms. The molecule has 128 valence electrons. The predicted octanol–water partition coefficient (Wildman–Crippen LogP) is 1.47. The zero-order valence-electron chi connectivity index (χ0n) is 13.8. The number of pyridine rings is 1. The van der Waals surface area contributed by atoms with Gasteiger partial charge < -0.3 is 9.47 Å². The van der Waals surface area contributed by atoms with E-state index in [1.807, 2.05) is 6.92 Å². The number of likely N-dealkylation sites (N-methyl/N-ethyl adjacent to an activating group) is 1. The first-order chi connectivity index (χ1) is 11.2. The minimum atomic E-state index is -3.25. The number of nitrogens with zero attached hydrogens (tertiary/aromatic N) is 2. The van der Waals surface area contributed by atoms with E-state index < -0.39 is 9.84 Å². The average molecular weight is 348 g/mol. The van der Waals surface area contributed by atoms with Crippen molar-refractivity contribution in [1.29, 1.82) is 0 Å². The van der Waals surface area contributed by atoms with Gasteiger partial charge in [0.05, 0.1) is 10.9 Å². The van der Waals surface area contributed by atoms with Crippen molar-refractivity contribution in [3.05, 3.63) is 64.6 Å². The summed E-state index contributed by atoms with van der Waals surface area (Å²) in [6.45, 7) is 1.81. The van der Waals surface area contributed by atoms with Gasteiger partial charge in [-0.1, -0.05) is 18.2 Å². The van der Waals surface area contributed by atoms with E-state index >= 15 is 0 Å². The van der Waals surface area contributed by atoms with Gasteiger partial charge in [-0.15, -0.1) is 0 Å². The summed E-state index contributed by atoms with van der Waals surface area (Å²) in [6.07, 6.45) is 2.72. The van der Waals surface area contributed by atoms with Crippen LogP contribution < -0.4 is 5.56 Å². The van der Waals surface area contributed by atoms with Gasteiger partial charge in [0.25, 0.3) is 5.56 Å². The van der Waals surface area contributed by atoms with E-state index in [4.69, 9.17) is 0 Å². The molecule has 1 amide bonds. The van der Waals surface area contributed by atoms with E-state index in [0.717, 1.165) is 11.8 Å². The minimum absolute atomic E-state index is 0.0397. The first-order valence-corrected chi connectivity index (χ1v) is 9.30. The molecule has 0 bridgehead atoms. The van der Waals surface area contributed by atoms with E-state index in [1.54, 1.807) is 37.5 Å². The number of rotatable bonds is 5. The molecule has 0 aliphatic heterocycles. The second kappa shape index (κ2) is 7.00. The van der Waals surface area contributed by atoms with Crippen molar-refractivity contribution in [2.45, 2.75) is 24.4 Å². The summed E-state index contributed by atoms with van der Waals surface area (Å²) in [5.74, 6) is -0.206. The van der Waals surface area contributed by atoms with Crippen molar-refractivity contribution < 1.29 is 13.2 Å². The molecule has 1 atom stereocenters. The third kappa shape index (κ3) is 4.11. The second-order valence-corrected chi connectivity index (χ2v) is 7.70. The topological polar surface area (TPSA) is 76.5 Å². The Morgan fingerprint density at radius 1 is 1.17 bits per heavy atom. The van der Waals surface area contributed by atoms with E-state index in [0.29, 0.717) is 0 Å². The molecule has 0 radical (unpaired) electrons. The predicted molar refractivity (Wildman–Crippen MR) is 91.4 cm³/mol. The minimum Gasteiger partial charge on any atom is -0.337 e. The summed E-state index contributed by atoms with van der Waals surface area (Å²) in [6, 6.07) is 10.9. The Labute approximate surface area is 141 Å². The maximum absolute atomic E-state index is 12.4. The van der Waals surface area contributed by atoms with Gasteiger partial charge in [0.1, 0.15) is 6.54 Å². The van der Waals surface area contributed by atoms with Crippen LogP contribution in [0.3, 0.4) is 0 Å². The molecule has 0 unspecified atom stereocenters. The molecule has 1 heterocycles. The van der Waals surface area contributed by atoms with Gasteiger partial charge in [0, 0.05) is 25.6 Å². The van der Waals surface area contributed by atoms with E-state index in [1.165, 1.54) is 27.7 Å². The van der Waals surface area contributed by atoms with Crippen molar-refractivity contribution >= 4 is 15.7 Å². The zero-order valence-corrected chi connectivity index (χ0v) is 14.7. The van der Waals surface area contributed by atoms with Crippen LogP contribution in [-0.4, -0.2) is 37.1 Å². The molecule has 2 aromatic rings. The Morgan fingerprint density at radius 2 is 1.79 bits per heavy atom. The van der Waals surface area contributed by atoms with Crippen LogP contribution in [-0.2, 0) is 21.2 Å². The molecule has 0 saturated heterocycles. The van der Waals surface area contributed by atoms with E-state index in [-0.39, 0.29) is 28.9 Å². The Morgan fingerprint density at radius 3 is 2.33 bits per heavy atom. The van der Waals surface area contributed by atoms with Crippen LogP contribution in [0.4, 0.5) is 0 Å². The Bertz CT molecular complexity index is 885. The molecule has 1 aromatic carbocycles. The number of aromatic nitrogens is 1. The fraction of sp³-hybridized carbons (Fsp3) is 0.294. The number of hydrogen-bond donors (Lipinski definition) is 0. The average Bonchev–Trinajstić information content (AvgIpc) is 2.55. The van der Waals surface area contributed by atoms with Crippen LogP contribution in [0.15, 0.2) is 58.4 Å². The number of sulfone groups is 1. The van der Waals surface area contributed by atoms with Crippen LogP contribution in [0.1, 0.15) is 18.5 Å². The lowest BCUT2D eigenvalue weighted by atomic mass is 10.1. The summed E-state index contributed by atoms with van der Waals surface area (Å²) in [5, 5.41) is 0. The van der Waals surface area contributed by atoms with Crippen molar-refractivity contribution in [3.63, 3.8) is 0 Å². The van der Waals surface area contributed by atoms with Crippen LogP contribution >= 0.6 is 0 Å². The summed E-state index contributed by atoms with van der Waals surface area (Å²) >= 11 is 0. The number of carbonyl (C=O) groups excluding carboxylic acids is 1. The molecule has 0 aliphatic carbocycles. The maximum Gasteiger partial charge on any atom is 0.250 e. The molecule has 0 saturated carbocycles. The molecule has 0 aliphatic rings. The van der Waals surface area contributed by atoms with Gasteiger partial charge in [-0.25, -0.2) is 8.42 Å². The lowest BCUT2D eigenvalue weighted by Crippen LogP contribution is -2.35. The molecular formula is C17H20N2O4S. The van der Waals surface area contributed by atoms with Gasteiger partial charge >= 0.3 is 0 Å². The lowest BCUT2D eigenvalue weighted by molar-refractivity contribution is -0.132. The summed E-state index contributed by atoms with van der Waals surface area (Å²) in [5.41, 5.74) is 0.586. The molecule has 0 N–H and O–H groups in total. The molecule has 6 nitrogen and oxygen atoms in total. The summed E-state index contributed by atoms with van der Waals surface area (Å²) < 4.78 is 24.3. The van der Waals surface area contributed by atoms with Gasteiger partial charge in [0.15, 0.2) is 9.84 Å². The summed E-state index contributed by atoms with van der Waals surface area (Å²) in [4.78, 5) is 25.8. The molecular weight excluding hydrogens is 328 g/mol. The van der Waals surface area contributed by atoms with E-state index in [9.17, 15) is 18.0 Å². The third-order valence-electron chi connectivity index (χ3n) is 3.97. The van der Waals surface area contributed by atoms with Crippen LogP contribution in [0.2, 0.25) is 0 Å². The van der Waals surface area contributed by atoms with Crippen LogP contribution in [0, 0.1) is 0 Å². The highest BCUT2D eigenvalue weighted by molar-refractivity contribution is 7.90. The highest BCUT2D eigenvalue weighted by atomic mass is 32.2. The third-order valence-corrected chi connectivity index (χ3v) is 5.10. The van der Waals surface area contributed by atoms with Gasteiger partial charge in [-0.05, 0) is 30.7 Å². The SMILES string of the molecule is C[C@@H](c1ccc(S(C)(=O)=O)cc1)N(C)C(=O)Cn1ccccc1=O. The summed E-state index contributed by atoms with van der Waals surface area (Å²) in [7, 11) is -1.59.